The molecule has 0 rings (SSSR count). The topological polar surface area (TPSA) is 40.7 Å². The van der Waals surface area contributed by atoms with Gasteiger partial charge < -0.3 is 10.2 Å². The Balaban J connectivity index is 0. The molecule has 0 aliphatic carbocycles. The van der Waals surface area contributed by atoms with Gasteiger partial charge in [-0.15, -0.1) is 0 Å². The molecule has 0 aromatic heterocycles. The van der Waals surface area contributed by atoms with Gasteiger partial charge in [-0.05, 0) is 64.2 Å². The number of hydrogen-bond donors (Lipinski definition) is 0. The first-order chi connectivity index (χ1) is 18.4. The summed E-state index contributed by atoms with van der Waals surface area (Å²) in [6, 6.07) is 0. The zero-order valence-corrected chi connectivity index (χ0v) is 26.4. The van der Waals surface area contributed by atoms with Crippen molar-refractivity contribution in [1.29, 1.82) is 0 Å². The molecule has 228 valence electrons. The van der Waals surface area contributed by atoms with Crippen LogP contribution in [0.1, 0.15) is 194 Å². The smallest absolute Gasteiger partial charge is 0.0466 e. The first-order valence-electron chi connectivity index (χ1n) is 17.3. The highest BCUT2D eigenvalue weighted by atomic mass is 16.5. The van der Waals surface area contributed by atoms with Crippen LogP contribution in [0.2, 0.25) is 0 Å². The van der Waals surface area contributed by atoms with Crippen LogP contribution in [-0.2, 0) is 4.74 Å². The fourth-order valence-corrected chi connectivity index (χ4v) is 5.01. The van der Waals surface area contributed by atoms with Gasteiger partial charge in [-0.25, -0.2) is 0 Å². The number of ether oxygens (including phenoxy) is 1. The summed E-state index contributed by atoms with van der Waals surface area (Å²) in [6.07, 6.45) is 48.1. The molecule has 0 amide bonds. The van der Waals surface area contributed by atoms with E-state index in [1.807, 2.05) is 0 Å². The van der Waals surface area contributed by atoms with Gasteiger partial charge in [0.15, 0.2) is 0 Å². The highest BCUT2D eigenvalue weighted by Crippen LogP contribution is 2.12. The number of rotatable bonds is 32. The SMILES string of the molecule is CCCCCCCC/C=C\CCCCCCCCOCCCCCCCC/C=C\CCCCCCCC.O. The normalized spacial score (nSPS) is 11.6. The summed E-state index contributed by atoms with van der Waals surface area (Å²) in [5, 5.41) is 0. The van der Waals surface area contributed by atoms with Crippen molar-refractivity contribution in [3.8, 4) is 0 Å². The molecule has 2 N–H and O–H groups in total. The molecule has 0 bridgehead atoms. The van der Waals surface area contributed by atoms with Crippen LogP contribution in [0.3, 0.4) is 0 Å². The summed E-state index contributed by atoms with van der Waals surface area (Å²) < 4.78 is 5.85. The van der Waals surface area contributed by atoms with Crippen LogP contribution in [0.4, 0.5) is 0 Å². The third-order valence-corrected chi connectivity index (χ3v) is 7.60. The Morgan fingerprint density at radius 1 is 0.316 bits per heavy atom. The number of allylic oxidation sites excluding steroid dienone is 4. The van der Waals surface area contributed by atoms with Gasteiger partial charge in [0, 0.05) is 13.2 Å². The predicted octanol–water partition coefficient (Wildman–Crippen LogP) is 12.3. The van der Waals surface area contributed by atoms with Gasteiger partial charge in [-0.3, -0.25) is 0 Å². The summed E-state index contributed by atoms with van der Waals surface area (Å²) >= 11 is 0. The largest absolute Gasteiger partial charge is 0.412 e. The van der Waals surface area contributed by atoms with Crippen LogP contribution >= 0.6 is 0 Å². The van der Waals surface area contributed by atoms with Crippen LogP contribution in [0.15, 0.2) is 24.3 Å². The lowest BCUT2D eigenvalue weighted by molar-refractivity contribution is 0.125. The lowest BCUT2D eigenvalue weighted by Gasteiger charge is -2.05. The molecule has 0 spiro atoms. The zero-order chi connectivity index (χ0) is 26.7. The van der Waals surface area contributed by atoms with Gasteiger partial charge in [0.05, 0.1) is 0 Å². The van der Waals surface area contributed by atoms with Crippen LogP contribution in [0, 0.1) is 0 Å². The van der Waals surface area contributed by atoms with E-state index < -0.39 is 0 Å². The second-order valence-electron chi connectivity index (χ2n) is 11.5. The molecule has 0 atom stereocenters. The molecule has 0 saturated heterocycles. The molecule has 0 aromatic rings. The van der Waals surface area contributed by atoms with Crippen molar-refractivity contribution in [2.75, 3.05) is 13.2 Å². The van der Waals surface area contributed by atoms with Gasteiger partial charge in [-0.1, -0.05) is 154 Å². The van der Waals surface area contributed by atoms with Crippen LogP contribution in [0.5, 0.6) is 0 Å². The molecule has 2 nitrogen and oxygen atoms in total. The highest BCUT2D eigenvalue weighted by Gasteiger charge is 1.95. The maximum absolute atomic E-state index is 5.85. The summed E-state index contributed by atoms with van der Waals surface area (Å²) in [5.41, 5.74) is 0. The van der Waals surface area contributed by atoms with E-state index >= 15 is 0 Å². The molecule has 38 heavy (non-hydrogen) atoms. The van der Waals surface area contributed by atoms with Crippen molar-refractivity contribution in [2.45, 2.75) is 194 Å². The van der Waals surface area contributed by atoms with Gasteiger partial charge in [0.25, 0.3) is 0 Å². The van der Waals surface area contributed by atoms with Crippen LogP contribution < -0.4 is 0 Å². The molecule has 0 aliphatic rings. The third kappa shape index (κ3) is 37.6. The standard InChI is InChI=1S/C36H70O.H2O/c1-3-5-7-9-11-13-15-17-19-21-23-25-27-29-31-33-35-37-36-34-32-30-28-26-24-22-20-18-16-14-12-10-8-6-4-2;/h17-20H,3-16,21-36H2,1-2H3;1H2/b19-17-,20-18-;. The lowest BCUT2D eigenvalue weighted by atomic mass is 10.1. The average Bonchev–Trinajstić information content (AvgIpc) is 2.91. The summed E-state index contributed by atoms with van der Waals surface area (Å²) in [6.45, 7) is 6.54. The summed E-state index contributed by atoms with van der Waals surface area (Å²) in [4.78, 5) is 0. The van der Waals surface area contributed by atoms with Crippen molar-refractivity contribution < 1.29 is 10.2 Å². The Labute approximate surface area is 241 Å². The van der Waals surface area contributed by atoms with E-state index in [2.05, 4.69) is 38.2 Å². The Bertz CT molecular complexity index is 403. The molecule has 0 aliphatic heterocycles. The minimum atomic E-state index is 0. The quantitative estimate of drug-likeness (QED) is 0.0622. The Morgan fingerprint density at radius 2 is 0.553 bits per heavy atom. The van der Waals surface area contributed by atoms with Crippen molar-refractivity contribution in [2.24, 2.45) is 0 Å². The molecule has 0 aromatic carbocycles. The van der Waals surface area contributed by atoms with Gasteiger partial charge in [-0.2, -0.15) is 0 Å². The first kappa shape index (κ1) is 39.5. The minimum Gasteiger partial charge on any atom is -0.412 e. The number of unbranched alkanes of at least 4 members (excludes halogenated alkanes) is 24. The third-order valence-electron chi connectivity index (χ3n) is 7.60. The maximum Gasteiger partial charge on any atom is 0.0466 e. The first-order valence-corrected chi connectivity index (χ1v) is 17.3. The molecule has 0 unspecified atom stereocenters. The Hall–Kier alpha value is -0.600. The second-order valence-corrected chi connectivity index (χ2v) is 11.5. The minimum absolute atomic E-state index is 0. The number of hydrogen-bond acceptors (Lipinski definition) is 1. The van der Waals surface area contributed by atoms with E-state index in [0.29, 0.717) is 0 Å². The van der Waals surface area contributed by atoms with E-state index in [1.54, 1.807) is 0 Å². The molecular weight excluding hydrogens is 464 g/mol. The molecule has 2 heteroatoms. The molecule has 0 heterocycles. The maximum atomic E-state index is 5.85. The van der Waals surface area contributed by atoms with Crippen molar-refractivity contribution in [3.05, 3.63) is 24.3 Å². The van der Waals surface area contributed by atoms with Gasteiger partial charge in [0.2, 0.25) is 0 Å². The second kappa shape index (κ2) is 38.5. The molecular formula is C36H72O2. The zero-order valence-electron chi connectivity index (χ0n) is 26.4. The van der Waals surface area contributed by atoms with Crippen molar-refractivity contribution >= 4 is 0 Å². The van der Waals surface area contributed by atoms with Crippen LogP contribution in [0.25, 0.3) is 0 Å². The molecule has 0 fully saturated rings. The van der Waals surface area contributed by atoms with Crippen molar-refractivity contribution in [3.63, 3.8) is 0 Å². The van der Waals surface area contributed by atoms with Gasteiger partial charge in [0.1, 0.15) is 0 Å². The molecule has 0 saturated carbocycles. The lowest BCUT2D eigenvalue weighted by Crippen LogP contribution is -1.97. The van der Waals surface area contributed by atoms with Gasteiger partial charge >= 0.3 is 0 Å². The highest BCUT2D eigenvalue weighted by molar-refractivity contribution is 4.82. The Morgan fingerprint density at radius 3 is 0.842 bits per heavy atom. The Kier molecular flexibility index (Phi) is 40.1. The van der Waals surface area contributed by atoms with E-state index in [0.717, 1.165) is 13.2 Å². The fraction of sp³-hybridized carbons (Fsp3) is 0.889. The monoisotopic (exact) mass is 537 g/mol. The summed E-state index contributed by atoms with van der Waals surface area (Å²) in [7, 11) is 0. The fourth-order valence-electron chi connectivity index (χ4n) is 5.01. The van der Waals surface area contributed by atoms with Crippen molar-refractivity contribution in [1.82, 2.24) is 0 Å². The van der Waals surface area contributed by atoms with E-state index in [4.69, 9.17) is 4.74 Å². The average molecular weight is 537 g/mol. The van der Waals surface area contributed by atoms with E-state index in [-0.39, 0.29) is 5.48 Å². The van der Waals surface area contributed by atoms with E-state index in [1.165, 1.54) is 180 Å². The van der Waals surface area contributed by atoms with Crippen LogP contribution in [-0.4, -0.2) is 18.7 Å². The predicted molar refractivity (Wildman–Crippen MR) is 173 cm³/mol. The molecule has 0 radical (unpaired) electrons. The summed E-state index contributed by atoms with van der Waals surface area (Å²) in [5.74, 6) is 0. The van der Waals surface area contributed by atoms with E-state index in [9.17, 15) is 0 Å².